The molecule has 0 aromatic carbocycles. The van der Waals surface area contributed by atoms with Crippen molar-refractivity contribution in [1.29, 1.82) is 0 Å². The molecule has 15 heavy (non-hydrogen) atoms. The number of carbonyl (C=O) groups is 1. The Morgan fingerprint density at radius 1 is 1.60 bits per heavy atom. The van der Waals surface area contributed by atoms with Crippen LogP contribution in [0, 0.1) is 10.1 Å². The third-order valence-electron chi connectivity index (χ3n) is 1.49. The van der Waals surface area contributed by atoms with Crippen molar-refractivity contribution in [3.05, 3.63) is 38.6 Å². The molecule has 0 unspecified atom stereocenters. The summed E-state index contributed by atoms with van der Waals surface area (Å²) in [4.78, 5) is 23.8. The number of aromatic nitrogens is 1. The number of aliphatic carboxylic acids is 1. The summed E-state index contributed by atoms with van der Waals surface area (Å²) in [5.41, 5.74) is 0.133. The first-order valence-electron chi connectivity index (χ1n) is 3.71. The van der Waals surface area contributed by atoms with Gasteiger partial charge >= 0.3 is 11.7 Å². The van der Waals surface area contributed by atoms with Gasteiger partial charge < -0.3 is 5.11 Å². The number of halogens is 1. The summed E-state index contributed by atoms with van der Waals surface area (Å²) < 4.78 is 0.208. The van der Waals surface area contributed by atoms with Crippen molar-refractivity contribution in [2.24, 2.45) is 0 Å². The third-order valence-corrected chi connectivity index (χ3v) is 2.36. The maximum absolute atomic E-state index is 10.5. The quantitative estimate of drug-likeness (QED) is 0.515. The van der Waals surface area contributed by atoms with Gasteiger partial charge in [-0.2, -0.15) is 0 Å². The van der Waals surface area contributed by atoms with Gasteiger partial charge in [-0.3, -0.25) is 15.1 Å². The topological polar surface area (TPSA) is 93.3 Å². The van der Waals surface area contributed by atoms with Crippen molar-refractivity contribution < 1.29 is 14.8 Å². The van der Waals surface area contributed by atoms with Crippen molar-refractivity contribution in [2.75, 3.05) is 0 Å². The van der Waals surface area contributed by atoms with Gasteiger partial charge in [0.25, 0.3) is 0 Å². The predicted molar refractivity (Wildman–Crippen MR) is 55.3 cm³/mol. The Morgan fingerprint density at radius 3 is 2.80 bits per heavy atom. The second kappa shape index (κ2) is 4.65. The lowest BCUT2D eigenvalue weighted by atomic mass is 10.2. The lowest BCUT2D eigenvalue weighted by Crippen LogP contribution is -1.93. The van der Waals surface area contributed by atoms with E-state index in [1.807, 2.05) is 0 Å². The predicted octanol–water partition coefficient (Wildman–Crippen LogP) is 1.85. The largest absolute Gasteiger partial charge is 0.478 e. The molecule has 0 atom stereocenters. The highest BCUT2D eigenvalue weighted by Crippen LogP contribution is 2.27. The number of carboxylic acid groups (broad SMARTS) is 1. The summed E-state index contributed by atoms with van der Waals surface area (Å²) in [6.45, 7) is 0. The van der Waals surface area contributed by atoms with Crippen LogP contribution in [0.1, 0.15) is 5.56 Å². The van der Waals surface area contributed by atoms with E-state index < -0.39 is 10.9 Å². The molecule has 1 heterocycles. The van der Waals surface area contributed by atoms with Crippen LogP contribution in [0.2, 0.25) is 0 Å². The molecule has 1 aromatic rings. The molecule has 7 heteroatoms. The van der Waals surface area contributed by atoms with E-state index in [4.69, 9.17) is 5.11 Å². The first-order valence-corrected chi connectivity index (χ1v) is 4.50. The van der Waals surface area contributed by atoms with Crippen molar-refractivity contribution in [2.45, 2.75) is 0 Å². The van der Waals surface area contributed by atoms with Crippen LogP contribution < -0.4 is 0 Å². The fourth-order valence-electron chi connectivity index (χ4n) is 0.854. The summed E-state index contributed by atoms with van der Waals surface area (Å²) in [5, 5.41) is 18.9. The van der Waals surface area contributed by atoms with Gasteiger partial charge in [0.2, 0.25) is 0 Å². The molecular weight excluding hydrogens is 268 g/mol. The van der Waals surface area contributed by atoms with Crippen LogP contribution in [0.15, 0.2) is 22.9 Å². The monoisotopic (exact) mass is 272 g/mol. The van der Waals surface area contributed by atoms with Gasteiger partial charge in [-0.1, -0.05) is 0 Å². The first kappa shape index (κ1) is 11.3. The van der Waals surface area contributed by atoms with Crippen LogP contribution in [-0.2, 0) is 4.79 Å². The average Bonchev–Trinajstić information content (AvgIpc) is 2.15. The summed E-state index contributed by atoms with van der Waals surface area (Å²) >= 11 is 3.01. The SMILES string of the molecule is O=C(O)/C=C/c1cncc([N+](=O)[O-])c1Br. The Kier molecular flexibility index (Phi) is 3.51. The maximum atomic E-state index is 10.5. The van der Waals surface area contributed by atoms with Crippen LogP contribution in [-0.4, -0.2) is 21.0 Å². The Hall–Kier alpha value is -1.76. The number of nitro groups is 1. The zero-order valence-electron chi connectivity index (χ0n) is 7.25. The molecule has 0 aliphatic heterocycles. The molecule has 0 fully saturated rings. The zero-order chi connectivity index (χ0) is 11.4. The number of hydrogen-bond donors (Lipinski definition) is 1. The van der Waals surface area contributed by atoms with Crippen LogP contribution in [0.3, 0.4) is 0 Å². The minimum absolute atomic E-state index is 0.206. The molecule has 0 amide bonds. The summed E-state index contributed by atoms with van der Waals surface area (Å²) in [7, 11) is 0. The number of hydrogen-bond acceptors (Lipinski definition) is 4. The fraction of sp³-hybridized carbons (Fsp3) is 0. The highest BCUT2D eigenvalue weighted by atomic mass is 79.9. The molecule has 6 nitrogen and oxygen atoms in total. The van der Waals surface area contributed by atoms with Gasteiger partial charge in [0.1, 0.15) is 10.7 Å². The first-order chi connectivity index (χ1) is 7.02. The number of pyridine rings is 1. The van der Waals surface area contributed by atoms with Gasteiger partial charge in [0.15, 0.2) is 0 Å². The van der Waals surface area contributed by atoms with Crippen LogP contribution in [0.5, 0.6) is 0 Å². The van der Waals surface area contributed by atoms with Crippen LogP contribution in [0.25, 0.3) is 6.08 Å². The molecule has 0 spiro atoms. The highest BCUT2D eigenvalue weighted by Gasteiger charge is 2.14. The molecular formula is C8H5BrN2O4. The van der Waals surface area contributed by atoms with E-state index in [0.717, 1.165) is 12.3 Å². The second-order valence-corrected chi connectivity index (χ2v) is 3.28. The molecule has 78 valence electrons. The average molecular weight is 273 g/mol. The molecule has 0 bridgehead atoms. The molecule has 0 radical (unpaired) electrons. The summed E-state index contributed by atoms with van der Waals surface area (Å²) in [5.74, 6) is -1.13. The third kappa shape index (κ3) is 2.84. The lowest BCUT2D eigenvalue weighted by Gasteiger charge is -1.97. The molecule has 0 saturated carbocycles. The van der Waals surface area contributed by atoms with Crippen molar-refractivity contribution in [1.82, 2.24) is 4.98 Å². The van der Waals surface area contributed by atoms with Gasteiger partial charge in [0, 0.05) is 17.8 Å². The van der Waals surface area contributed by atoms with Gasteiger partial charge in [0.05, 0.1) is 4.92 Å². The summed E-state index contributed by atoms with van der Waals surface area (Å²) in [6.07, 6.45) is 4.52. The van der Waals surface area contributed by atoms with E-state index in [1.165, 1.54) is 12.3 Å². The second-order valence-electron chi connectivity index (χ2n) is 2.49. The van der Waals surface area contributed by atoms with E-state index in [1.54, 1.807) is 0 Å². The van der Waals surface area contributed by atoms with Gasteiger partial charge in [-0.25, -0.2) is 4.79 Å². The van der Waals surface area contributed by atoms with E-state index in [9.17, 15) is 14.9 Å². The van der Waals surface area contributed by atoms with Crippen molar-refractivity contribution in [3.63, 3.8) is 0 Å². The molecule has 1 N–H and O–H groups in total. The number of rotatable bonds is 3. The van der Waals surface area contributed by atoms with E-state index >= 15 is 0 Å². The fourth-order valence-corrected chi connectivity index (χ4v) is 1.34. The molecule has 0 aliphatic carbocycles. The molecule has 0 saturated heterocycles. The minimum atomic E-state index is -1.13. The lowest BCUT2D eigenvalue weighted by molar-refractivity contribution is -0.386. The molecule has 1 rings (SSSR count). The van der Waals surface area contributed by atoms with Crippen molar-refractivity contribution >= 4 is 33.7 Å². The van der Waals surface area contributed by atoms with E-state index in [2.05, 4.69) is 20.9 Å². The smallest absolute Gasteiger partial charge is 0.328 e. The Balaban J connectivity index is 3.15. The zero-order valence-corrected chi connectivity index (χ0v) is 8.84. The molecule has 1 aromatic heterocycles. The maximum Gasteiger partial charge on any atom is 0.328 e. The summed E-state index contributed by atoms with van der Waals surface area (Å²) in [6, 6.07) is 0. The van der Waals surface area contributed by atoms with E-state index in [-0.39, 0.29) is 10.2 Å². The minimum Gasteiger partial charge on any atom is -0.478 e. The Bertz CT molecular complexity index is 444. The normalized spacial score (nSPS) is 10.5. The van der Waals surface area contributed by atoms with Crippen LogP contribution >= 0.6 is 15.9 Å². The number of nitrogens with zero attached hydrogens (tertiary/aromatic N) is 2. The Labute approximate surface area is 92.5 Å². The van der Waals surface area contributed by atoms with E-state index in [0.29, 0.717) is 5.56 Å². The highest BCUT2D eigenvalue weighted by molar-refractivity contribution is 9.10. The van der Waals surface area contributed by atoms with Gasteiger partial charge in [-0.15, -0.1) is 0 Å². The van der Waals surface area contributed by atoms with Crippen LogP contribution in [0.4, 0.5) is 5.69 Å². The number of carboxylic acids is 1. The standard InChI is InChI=1S/C8H5BrN2O4/c9-8-5(1-2-7(12)13)3-10-4-6(8)11(14)15/h1-4H,(H,12,13)/b2-1+. The Morgan fingerprint density at radius 2 is 2.27 bits per heavy atom. The van der Waals surface area contributed by atoms with Crippen molar-refractivity contribution in [3.8, 4) is 0 Å². The van der Waals surface area contributed by atoms with Gasteiger partial charge in [-0.05, 0) is 22.0 Å². The molecule has 0 aliphatic rings.